The molecule has 1 aromatic carbocycles. The first kappa shape index (κ1) is 17.5. The van der Waals surface area contributed by atoms with Crippen LogP contribution in [0.1, 0.15) is 24.8 Å². The highest BCUT2D eigenvalue weighted by atomic mass is 16.5. The van der Waals surface area contributed by atoms with Gasteiger partial charge in [-0.3, -0.25) is 14.4 Å². The molecule has 0 spiro atoms. The molecule has 2 heterocycles. The molecule has 0 bridgehead atoms. The second-order valence-corrected chi connectivity index (χ2v) is 6.44. The summed E-state index contributed by atoms with van der Waals surface area (Å²) in [5, 5.41) is 7.31. The molecule has 1 aliphatic rings. The van der Waals surface area contributed by atoms with Crippen LogP contribution in [0.5, 0.6) is 5.75 Å². The summed E-state index contributed by atoms with van der Waals surface area (Å²) in [7, 11) is 1.65. The van der Waals surface area contributed by atoms with Crippen LogP contribution in [0.2, 0.25) is 0 Å². The van der Waals surface area contributed by atoms with E-state index >= 15 is 0 Å². The first-order valence-corrected chi connectivity index (χ1v) is 8.86. The largest absolute Gasteiger partial charge is 0.496 e. The fourth-order valence-electron chi connectivity index (χ4n) is 3.38. The molecule has 3 rings (SSSR count). The van der Waals surface area contributed by atoms with Crippen molar-refractivity contribution in [3.8, 4) is 5.75 Å². The Labute approximate surface area is 148 Å². The minimum atomic E-state index is 0.0540. The number of ether oxygens (including phenoxy) is 1. The van der Waals surface area contributed by atoms with Crippen LogP contribution in [-0.4, -0.2) is 46.8 Å². The van der Waals surface area contributed by atoms with E-state index in [1.165, 1.54) is 6.42 Å². The lowest BCUT2D eigenvalue weighted by Crippen LogP contribution is -2.47. The Morgan fingerprint density at radius 2 is 2.20 bits per heavy atom. The lowest BCUT2D eigenvalue weighted by atomic mass is 10.0. The van der Waals surface area contributed by atoms with Gasteiger partial charge in [0.05, 0.1) is 20.2 Å². The molecule has 1 amide bonds. The summed E-state index contributed by atoms with van der Waals surface area (Å²) >= 11 is 0. The zero-order chi connectivity index (χ0) is 17.5. The van der Waals surface area contributed by atoms with Crippen LogP contribution in [0.25, 0.3) is 0 Å². The number of methoxy groups -OCH3 is 1. The van der Waals surface area contributed by atoms with Crippen LogP contribution in [-0.2, 0) is 17.9 Å². The van der Waals surface area contributed by atoms with Crippen LogP contribution in [0.4, 0.5) is 0 Å². The monoisotopic (exact) mass is 342 g/mol. The Balaban J connectivity index is 1.53. The van der Waals surface area contributed by atoms with Crippen LogP contribution in [0, 0.1) is 0 Å². The van der Waals surface area contributed by atoms with E-state index in [2.05, 4.69) is 15.3 Å². The Kier molecular flexibility index (Phi) is 6.06. The molecule has 1 aromatic heterocycles. The molecular formula is C19H26N4O2. The van der Waals surface area contributed by atoms with Gasteiger partial charge in [-0.15, -0.1) is 0 Å². The highest BCUT2D eigenvalue weighted by molar-refractivity contribution is 5.78. The van der Waals surface area contributed by atoms with Crippen molar-refractivity contribution in [2.45, 2.75) is 38.4 Å². The third kappa shape index (κ3) is 4.82. The maximum Gasteiger partial charge on any atom is 0.234 e. The summed E-state index contributed by atoms with van der Waals surface area (Å²) in [5.74, 6) is 0.857. The Bertz CT molecular complexity index is 672. The number of para-hydroxylation sites is 1. The van der Waals surface area contributed by atoms with Gasteiger partial charge in [-0.2, -0.15) is 5.10 Å². The van der Waals surface area contributed by atoms with E-state index in [4.69, 9.17) is 4.74 Å². The summed E-state index contributed by atoms with van der Waals surface area (Å²) < 4.78 is 7.29. The van der Waals surface area contributed by atoms with E-state index in [9.17, 15) is 4.79 Å². The minimum Gasteiger partial charge on any atom is -0.496 e. The number of hydrogen-bond acceptors (Lipinski definition) is 4. The van der Waals surface area contributed by atoms with Gasteiger partial charge in [-0.05, 0) is 31.5 Å². The van der Waals surface area contributed by atoms with E-state index in [-0.39, 0.29) is 5.91 Å². The van der Waals surface area contributed by atoms with Crippen molar-refractivity contribution in [3.63, 3.8) is 0 Å². The van der Waals surface area contributed by atoms with Crippen LogP contribution in [0.15, 0.2) is 42.7 Å². The molecule has 1 atom stereocenters. The number of carbonyl (C=O) groups excluding carboxylic acids is 1. The quantitative estimate of drug-likeness (QED) is 0.837. The smallest absolute Gasteiger partial charge is 0.234 e. The summed E-state index contributed by atoms with van der Waals surface area (Å²) in [5.41, 5.74) is 0.991. The molecule has 134 valence electrons. The second kappa shape index (κ2) is 8.67. The lowest BCUT2D eigenvalue weighted by Gasteiger charge is -2.35. The number of carbonyl (C=O) groups is 1. The highest BCUT2D eigenvalue weighted by Gasteiger charge is 2.24. The average molecular weight is 342 g/mol. The van der Waals surface area contributed by atoms with Gasteiger partial charge < -0.3 is 10.1 Å². The molecule has 0 radical (unpaired) electrons. The molecule has 1 N–H and O–H groups in total. The predicted molar refractivity (Wildman–Crippen MR) is 96.3 cm³/mol. The molecule has 1 saturated heterocycles. The molecule has 6 heteroatoms. The van der Waals surface area contributed by atoms with Gasteiger partial charge in [0.15, 0.2) is 0 Å². The van der Waals surface area contributed by atoms with Gasteiger partial charge in [-0.1, -0.05) is 24.6 Å². The topological polar surface area (TPSA) is 59.4 Å². The maximum absolute atomic E-state index is 12.4. The molecule has 1 unspecified atom stereocenters. The first-order valence-electron chi connectivity index (χ1n) is 8.86. The maximum atomic E-state index is 12.4. The van der Waals surface area contributed by atoms with E-state index < -0.39 is 0 Å². The third-order valence-corrected chi connectivity index (χ3v) is 4.72. The highest BCUT2D eigenvalue weighted by Crippen LogP contribution is 2.19. The van der Waals surface area contributed by atoms with Crippen LogP contribution >= 0.6 is 0 Å². The van der Waals surface area contributed by atoms with Crippen LogP contribution in [0.3, 0.4) is 0 Å². The lowest BCUT2D eigenvalue weighted by molar-refractivity contribution is -0.123. The Hall–Kier alpha value is -2.34. The van der Waals surface area contributed by atoms with Gasteiger partial charge in [0, 0.05) is 30.5 Å². The van der Waals surface area contributed by atoms with Crippen molar-refractivity contribution >= 4 is 5.91 Å². The minimum absolute atomic E-state index is 0.0540. The van der Waals surface area contributed by atoms with Crippen molar-refractivity contribution in [3.05, 3.63) is 48.3 Å². The van der Waals surface area contributed by atoms with Crippen molar-refractivity contribution in [1.82, 2.24) is 20.0 Å². The normalized spacial score (nSPS) is 18.0. The van der Waals surface area contributed by atoms with E-state index in [1.807, 2.05) is 41.2 Å². The fraction of sp³-hybridized carbons (Fsp3) is 0.474. The Morgan fingerprint density at radius 1 is 1.32 bits per heavy atom. The SMILES string of the molecule is COc1ccccc1CNC(=O)CN1CCCCC1Cn1cccn1. The molecule has 0 aliphatic carbocycles. The van der Waals surface area contributed by atoms with Crippen molar-refractivity contribution in [2.24, 2.45) is 0 Å². The molecule has 25 heavy (non-hydrogen) atoms. The van der Waals surface area contributed by atoms with Gasteiger partial charge in [-0.25, -0.2) is 0 Å². The van der Waals surface area contributed by atoms with E-state index in [1.54, 1.807) is 13.3 Å². The summed E-state index contributed by atoms with van der Waals surface area (Å²) in [6.07, 6.45) is 7.25. The van der Waals surface area contributed by atoms with Gasteiger partial charge >= 0.3 is 0 Å². The molecular weight excluding hydrogens is 316 g/mol. The number of likely N-dealkylation sites (tertiary alicyclic amines) is 1. The van der Waals surface area contributed by atoms with Gasteiger partial charge in [0.25, 0.3) is 0 Å². The summed E-state index contributed by atoms with van der Waals surface area (Å²) in [6, 6.07) is 10.1. The van der Waals surface area contributed by atoms with E-state index in [0.29, 0.717) is 19.1 Å². The number of amides is 1. The second-order valence-electron chi connectivity index (χ2n) is 6.44. The number of aromatic nitrogens is 2. The number of nitrogens with one attached hydrogen (secondary N) is 1. The number of hydrogen-bond donors (Lipinski definition) is 1. The van der Waals surface area contributed by atoms with E-state index in [0.717, 1.165) is 37.2 Å². The number of rotatable bonds is 7. The molecule has 2 aromatic rings. The summed E-state index contributed by atoms with van der Waals surface area (Å²) in [4.78, 5) is 14.7. The Morgan fingerprint density at radius 3 is 3.00 bits per heavy atom. The predicted octanol–water partition coefficient (Wildman–Crippen LogP) is 2.06. The van der Waals surface area contributed by atoms with Crippen LogP contribution < -0.4 is 10.1 Å². The molecule has 6 nitrogen and oxygen atoms in total. The fourth-order valence-corrected chi connectivity index (χ4v) is 3.38. The molecule has 1 aliphatic heterocycles. The summed E-state index contributed by atoms with van der Waals surface area (Å²) in [6.45, 7) is 2.72. The standard InChI is InChI=1S/C19H26N4O2/c1-25-18-9-3-2-7-16(18)13-20-19(24)15-22-11-5-4-8-17(22)14-23-12-6-10-21-23/h2-3,6-7,9-10,12,17H,4-5,8,11,13-15H2,1H3,(H,20,24). The third-order valence-electron chi connectivity index (χ3n) is 4.72. The number of nitrogens with zero attached hydrogens (tertiary/aromatic N) is 3. The zero-order valence-electron chi connectivity index (χ0n) is 14.7. The van der Waals surface area contributed by atoms with Crippen molar-refractivity contribution < 1.29 is 9.53 Å². The number of benzene rings is 1. The van der Waals surface area contributed by atoms with Gasteiger partial charge in [0.2, 0.25) is 5.91 Å². The molecule has 0 saturated carbocycles. The average Bonchev–Trinajstić information content (AvgIpc) is 3.15. The van der Waals surface area contributed by atoms with Crippen molar-refractivity contribution in [1.29, 1.82) is 0 Å². The van der Waals surface area contributed by atoms with Crippen molar-refractivity contribution in [2.75, 3.05) is 20.2 Å². The first-order chi connectivity index (χ1) is 12.3. The molecule has 1 fully saturated rings. The number of piperidine rings is 1. The zero-order valence-corrected chi connectivity index (χ0v) is 14.7. The van der Waals surface area contributed by atoms with Gasteiger partial charge in [0.1, 0.15) is 5.75 Å².